The van der Waals surface area contributed by atoms with Crippen molar-refractivity contribution < 1.29 is 4.42 Å². The zero-order valence-corrected chi connectivity index (χ0v) is 9.41. The van der Waals surface area contributed by atoms with Crippen LogP contribution in [0, 0.1) is 0 Å². The summed E-state index contributed by atoms with van der Waals surface area (Å²) in [6.07, 6.45) is 7.86. The van der Waals surface area contributed by atoms with E-state index in [0.29, 0.717) is 11.0 Å². The molecule has 0 spiro atoms. The molecule has 0 amide bonds. The number of anilines is 1. The average molecular weight is 233 g/mol. The van der Waals surface area contributed by atoms with Gasteiger partial charge in [0.05, 0.1) is 5.69 Å². The molecule has 0 aromatic carbocycles. The Morgan fingerprint density at radius 3 is 2.81 bits per heavy atom. The van der Waals surface area contributed by atoms with E-state index in [9.17, 15) is 0 Å². The molecule has 0 unspecified atom stereocenters. The Bertz CT molecular complexity index is 525. The second-order valence-electron chi connectivity index (χ2n) is 3.83. The van der Waals surface area contributed by atoms with Gasteiger partial charge in [-0.3, -0.25) is 0 Å². The van der Waals surface area contributed by atoms with Crippen LogP contribution in [0.5, 0.6) is 0 Å². The Morgan fingerprint density at radius 2 is 2.12 bits per heavy atom. The number of oxazole rings is 1. The number of thiazole rings is 1. The van der Waals surface area contributed by atoms with Crippen molar-refractivity contribution in [1.29, 1.82) is 0 Å². The van der Waals surface area contributed by atoms with Gasteiger partial charge in [0.2, 0.25) is 0 Å². The van der Waals surface area contributed by atoms with Crippen molar-refractivity contribution in [3.8, 4) is 0 Å². The summed E-state index contributed by atoms with van der Waals surface area (Å²) in [6, 6.07) is 0. The first-order valence-corrected chi connectivity index (χ1v) is 6.04. The van der Waals surface area contributed by atoms with Crippen LogP contribution in [-0.4, -0.2) is 9.97 Å². The van der Waals surface area contributed by atoms with Crippen molar-refractivity contribution in [2.24, 2.45) is 0 Å². The van der Waals surface area contributed by atoms with Crippen molar-refractivity contribution in [3.63, 3.8) is 0 Å². The van der Waals surface area contributed by atoms with Crippen LogP contribution in [0.15, 0.2) is 16.1 Å². The molecule has 82 valence electrons. The largest absolute Gasteiger partial charge is 0.448 e. The van der Waals surface area contributed by atoms with Crippen molar-refractivity contribution in [2.75, 3.05) is 5.73 Å². The molecule has 5 heteroatoms. The van der Waals surface area contributed by atoms with Crippen LogP contribution in [0.4, 0.5) is 5.13 Å². The zero-order valence-electron chi connectivity index (χ0n) is 8.59. The maximum Gasteiger partial charge on any atom is 0.197 e. The normalized spacial score (nSPS) is 16.0. The van der Waals surface area contributed by atoms with Crippen molar-refractivity contribution in [3.05, 3.63) is 28.9 Å². The van der Waals surface area contributed by atoms with Crippen LogP contribution < -0.4 is 5.73 Å². The van der Waals surface area contributed by atoms with E-state index in [2.05, 4.69) is 9.97 Å². The summed E-state index contributed by atoms with van der Waals surface area (Å²) >= 11 is 1.43. The molecule has 4 nitrogen and oxygen atoms in total. The van der Waals surface area contributed by atoms with Gasteiger partial charge < -0.3 is 10.2 Å². The molecular weight excluding hydrogens is 222 g/mol. The molecule has 0 bridgehead atoms. The first-order valence-electron chi connectivity index (χ1n) is 5.16. The maximum atomic E-state index is 5.54. The molecule has 16 heavy (non-hydrogen) atoms. The second kappa shape index (κ2) is 3.75. The molecule has 0 saturated heterocycles. The van der Waals surface area contributed by atoms with E-state index in [1.54, 1.807) is 6.26 Å². The highest BCUT2D eigenvalue weighted by Crippen LogP contribution is 2.39. The molecule has 1 aliphatic rings. The molecule has 2 aromatic heterocycles. The predicted octanol–water partition coefficient (Wildman–Crippen LogP) is 2.76. The van der Waals surface area contributed by atoms with Crippen LogP contribution in [0.2, 0.25) is 0 Å². The minimum Gasteiger partial charge on any atom is -0.448 e. The first kappa shape index (κ1) is 9.59. The van der Waals surface area contributed by atoms with E-state index in [1.807, 2.05) is 17.5 Å². The van der Waals surface area contributed by atoms with E-state index in [0.717, 1.165) is 17.3 Å². The third kappa shape index (κ3) is 1.99. The fourth-order valence-electron chi connectivity index (χ4n) is 1.44. The SMILES string of the molecule is Nc1nc(C=Cc2coc(C3CC3)n2)cs1. The average Bonchev–Trinajstić information content (AvgIpc) is 2.87. The Balaban J connectivity index is 1.74. The molecule has 3 rings (SSSR count). The van der Waals surface area contributed by atoms with Gasteiger partial charge in [0, 0.05) is 11.3 Å². The van der Waals surface area contributed by atoms with Crippen LogP contribution in [0.1, 0.15) is 36.0 Å². The van der Waals surface area contributed by atoms with Crippen molar-refractivity contribution in [2.45, 2.75) is 18.8 Å². The molecule has 0 aliphatic heterocycles. The fourth-order valence-corrected chi connectivity index (χ4v) is 1.97. The van der Waals surface area contributed by atoms with E-state index in [4.69, 9.17) is 10.2 Å². The lowest BCUT2D eigenvalue weighted by Gasteiger charge is -1.83. The van der Waals surface area contributed by atoms with Crippen molar-refractivity contribution >= 4 is 28.6 Å². The number of aromatic nitrogens is 2. The van der Waals surface area contributed by atoms with Crippen LogP contribution in [0.3, 0.4) is 0 Å². The van der Waals surface area contributed by atoms with E-state index < -0.39 is 0 Å². The molecule has 2 aromatic rings. The second-order valence-corrected chi connectivity index (χ2v) is 4.72. The van der Waals surface area contributed by atoms with Crippen LogP contribution in [0.25, 0.3) is 12.2 Å². The Hall–Kier alpha value is -1.62. The number of hydrogen-bond donors (Lipinski definition) is 1. The summed E-state index contributed by atoms with van der Waals surface area (Å²) < 4.78 is 5.38. The summed E-state index contributed by atoms with van der Waals surface area (Å²) in [7, 11) is 0. The number of hydrogen-bond acceptors (Lipinski definition) is 5. The van der Waals surface area contributed by atoms with Gasteiger partial charge in [-0.2, -0.15) is 0 Å². The highest BCUT2D eigenvalue weighted by molar-refractivity contribution is 7.13. The van der Waals surface area contributed by atoms with Gasteiger partial charge in [-0.25, -0.2) is 9.97 Å². The van der Waals surface area contributed by atoms with Gasteiger partial charge >= 0.3 is 0 Å². The fraction of sp³-hybridized carbons (Fsp3) is 0.273. The standard InChI is InChI=1S/C11H11N3OS/c12-11-14-9(6-16-11)4-3-8-5-15-10(13-8)7-1-2-7/h3-7H,1-2H2,(H2,12,14). The summed E-state index contributed by atoms with van der Waals surface area (Å²) in [5.74, 6) is 1.41. The lowest BCUT2D eigenvalue weighted by molar-refractivity contribution is 0.497. The quantitative estimate of drug-likeness (QED) is 0.885. The minimum absolute atomic E-state index is 0.553. The third-order valence-electron chi connectivity index (χ3n) is 2.43. The van der Waals surface area contributed by atoms with Gasteiger partial charge in [0.15, 0.2) is 11.0 Å². The molecule has 2 heterocycles. The Morgan fingerprint density at radius 1 is 1.31 bits per heavy atom. The highest BCUT2D eigenvalue weighted by Gasteiger charge is 2.28. The van der Waals surface area contributed by atoms with Gasteiger partial charge in [0.25, 0.3) is 0 Å². The highest BCUT2D eigenvalue weighted by atomic mass is 32.1. The van der Waals surface area contributed by atoms with Gasteiger partial charge in [0.1, 0.15) is 12.0 Å². The number of nitrogen functional groups attached to an aromatic ring is 1. The van der Waals surface area contributed by atoms with E-state index in [1.165, 1.54) is 24.2 Å². The van der Waals surface area contributed by atoms with Gasteiger partial charge in [-0.05, 0) is 25.0 Å². The zero-order chi connectivity index (χ0) is 11.0. The summed E-state index contributed by atoms with van der Waals surface area (Å²) in [5, 5.41) is 2.49. The van der Waals surface area contributed by atoms with Crippen LogP contribution in [-0.2, 0) is 0 Å². The molecule has 1 fully saturated rings. The maximum absolute atomic E-state index is 5.54. The Kier molecular flexibility index (Phi) is 2.25. The smallest absolute Gasteiger partial charge is 0.197 e. The minimum atomic E-state index is 0.553. The van der Waals surface area contributed by atoms with Gasteiger partial charge in [-0.1, -0.05) is 0 Å². The summed E-state index contributed by atoms with van der Waals surface area (Å²) in [5.41, 5.74) is 7.24. The van der Waals surface area contributed by atoms with Crippen LogP contribution >= 0.6 is 11.3 Å². The number of rotatable bonds is 3. The molecule has 1 saturated carbocycles. The van der Waals surface area contributed by atoms with E-state index in [-0.39, 0.29) is 0 Å². The Labute approximate surface area is 96.8 Å². The summed E-state index contributed by atoms with van der Waals surface area (Å²) in [4.78, 5) is 8.52. The lowest BCUT2D eigenvalue weighted by atomic mass is 10.3. The predicted molar refractivity (Wildman–Crippen MR) is 63.9 cm³/mol. The third-order valence-corrected chi connectivity index (χ3v) is 3.12. The number of nitrogens with zero attached hydrogens (tertiary/aromatic N) is 2. The monoisotopic (exact) mass is 233 g/mol. The molecule has 0 radical (unpaired) electrons. The first-order chi connectivity index (χ1) is 7.81. The molecule has 1 aliphatic carbocycles. The summed E-state index contributed by atoms with van der Waals surface area (Å²) in [6.45, 7) is 0. The molecular formula is C11H11N3OS. The molecule has 2 N–H and O–H groups in total. The van der Waals surface area contributed by atoms with E-state index >= 15 is 0 Å². The van der Waals surface area contributed by atoms with Crippen molar-refractivity contribution in [1.82, 2.24) is 9.97 Å². The number of nitrogens with two attached hydrogens (primary N) is 1. The molecule has 0 atom stereocenters. The topological polar surface area (TPSA) is 64.9 Å². The van der Waals surface area contributed by atoms with Gasteiger partial charge in [-0.15, -0.1) is 11.3 Å². The lowest BCUT2D eigenvalue weighted by Crippen LogP contribution is -1.81.